The molecule has 7 nitrogen and oxygen atoms in total. The largest absolute Gasteiger partial charge is 0.478 e. The van der Waals surface area contributed by atoms with Gasteiger partial charge in [-0.05, 0) is 5.92 Å². The molecule has 0 radical (unpaired) electrons. The molecule has 2 rings (SSSR count). The minimum Gasteiger partial charge on any atom is -0.478 e. The highest BCUT2D eigenvalue weighted by Crippen LogP contribution is 2.02. The van der Waals surface area contributed by atoms with Gasteiger partial charge in [-0.25, -0.2) is 14.5 Å². The van der Waals surface area contributed by atoms with Crippen molar-refractivity contribution < 1.29 is 9.90 Å². The monoisotopic (exact) mass is 262 g/mol. The molecule has 0 unspecified atom stereocenters. The standard InChI is InChI=1S/C12H14N4O3/c1-8(2)6-15-4-3-13-10(11(15)17)16-7-9(5-14-16)12(18)19/h3-5,7-8H,6H2,1-2H3,(H,18,19). The summed E-state index contributed by atoms with van der Waals surface area (Å²) in [6.07, 6.45) is 5.56. The molecule has 0 saturated heterocycles. The molecule has 0 spiro atoms. The Morgan fingerprint density at radius 1 is 1.47 bits per heavy atom. The first-order valence-electron chi connectivity index (χ1n) is 5.83. The highest BCUT2D eigenvalue weighted by atomic mass is 16.4. The third kappa shape index (κ3) is 2.70. The van der Waals surface area contributed by atoms with Crippen LogP contribution in [0.15, 0.2) is 29.6 Å². The first kappa shape index (κ1) is 13.0. The molecular formula is C12H14N4O3. The molecule has 0 aromatic carbocycles. The highest BCUT2D eigenvalue weighted by Gasteiger charge is 2.12. The van der Waals surface area contributed by atoms with Crippen LogP contribution >= 0.6 is 0 Å². The number of hydrogen-bond acceptors (Lipinski definition) is 4. The first-order valence-corrected chi connectivity index (χ1v) is 5.83. The Hall–Kier alpha value is -2.44. The second kappa shape index (κ2) is 5.05. The zero-order valence-electron chi connectivity index (χ0n) is 10.6. The highest BCUT2D eigenvalue weighted by molar-refractivity contribution is 5.86. The van der Waals surface area contributed by atoms with Crippen molar-refractivity contribution in [3.05, 3.63) is 40.7 Å². The number of carbonyl (C=O) groups is 1. The molecule has 0 bridgehead atoms. The van der Waals surface area contributed by atoms with Crippen LogP contribution in [-0.2, 0) is 6.54 Å². The first-order chi connectivity index (χ1) is 8.99. The van der Waals surface area contributed by atoms with E-state index in [0.717, 1.165) is 0 Å². The topological polar surface area (TPSA) is 90.0 Å². The van der Waals surface area contributed by atoms with Gasteiger partial charge in [0.05, 0.1) is 11.8 Å². The fourth-order valence-corrected chi connectivity index (χ4v) is 1.68. The molecule has 0 atom stereocenters. The van der Waals surface area contributed by atoms with Crippen molar-refractivity contribution in [1.82, 2.24) is 19.3 Å². The van der Waals surface area contributed by atoms with Crippen LogP contribution in [0.25, 0.3) is 5.82 Å². The van der Waals surface area contributed by atoms with E-state index >= 15 is 0 Å². The molecule has 19 heavy (non-hydrogen) atoms. The summed E-state index contributed by atoms with van der Waals surface area (Å²) in [4.78, 5) is 26.9. The van der Waals surface area contributed by atoms with Crippen LogP contribution in [0.5, 0.6) is 0 Å². The van der Waals surface area contributed by atoms with Crippen LogP contribution in [0.2, 0.25) is 0 Å². The second-order valence-corrected chi connectivity index (χ2v) is 4.58. The Kier molecular flexibility index (Phi) is 3.46. The summed E-state index contributed by atoms with van der Waals surface area (Å²) in [5.74, 6) is -0.680. The van der Waals surface area contributed by atoms with Gasteiger partial charge in [0, 0.05) is 25.1 Å². The molecule has 2 aromatic heterocycles. The number of carboxylic acid groups (broad SMARTS) is 1. The van der Waals surface area contributed by atoms with Gasteiger partial charge < -0.3 is 9.67 Å². The van der Waals surface area contributed by atoms with Gasteiger partial charge in [-0.15, -0.1) is 0 Å². The number of hydrogen-bond donors (Lipinski definition) is 1. The average molecular weight is 262 g/mol. The molecule has 2 aromatic rings. The maximum absolute atomic E-state index is 12.2. The SMILES string of the molecule is CC(C)Cn1ccnc(-n2cc(C(=O)O)cn2)c1=O. The molecule has 0 aliphatic heterocycles. The Morgan fingerprint density at radius 2 is 2.21 bits per heavy atom. The van der Waals surface area contributed by atoms with E-state index in [1.165, 1.54) is 27.8 Å². The van der Waals surface area contributed by atoms with Crippen LogP contribution < -0.4 is 5.56 Å². The molecule has 2 heterocycles. The van der Waals surface area contributed by atoms with Gasteiger partial charge in [-0.3, -0.25) is 4.79 Å². The number of aromatic nitrogens is 4. The molecule has 1 N–H and O–H groups in total. The second-order valence-electron chi connectivity index (χ2n) is 4.58. The summed E-state index contributed by atoms with van der Waals surface area (Å²) in [7, 11) is 0. The van der Waals surface area contributed by atoms with Crippen molar-refractivity contribution in [2.45, 2.75) is 20.4 Å². The Bertz CT molecular complexity index is 657. The van der Waals surface area contributed by atoms with Crippen molar-refractivity contribution in [2.24, 2.45) is 5.92 Å². The summed E-state index contributed by atoms with van der Waals surface area (Å²) in [6.45, 7) is 4.58. The summed E-state index contributed by atoms with van der Waals surface area (Å²) < 4.78 is 2.72. The van der Waals surface area contributed by atoms with E-state index in [1.807, 2.05) is 13.8 Å². The van der Waals surface area contributed by atoms with Gasteiger partial charge in [-0.1, -0.05) is 13.8 Å². The predicted octanol–water partition coefficient (Wildman–Crippen LogP) is 0.783. The van der Waals surface area contributed by atoms with Crippen LogP contribution in [0.4, 0.5) is 0 Å². The summed E-state index contributed by atoms with van der Waals surface area (Å²) in [6, 6.07) is 0. The van der Waals surface area contributed by atoms with Gasteiger partial charge in [0.2, 0.25) is 5.82 Å². The van der Waals surface area contributed by atoms with Crippen molar-refractivity contribution >= 4 is 5.97 Å². The molecule has 0 aliphatic carbocycles. The third-order valence-electron chi connectivity index (χ3n) is 2.50. The molecule has 0 saturated carbocycles. The quantitative estimate of drug-likeness (QED) is 0.879. The molecule has 7 heteroatoms. The van der Waals surface area contributed by atoms with E-state index < -0.39 is 5.97 Å². The lowest BCUT2D eigenvalue weighted by molar-refractivity contribution is 0.0697. The minimum absolute atomic E-state index is 0.0143. The van der Waals surface area contributed by atoms with E-state index in [-0.39, 0.29) is 16.9 Å². The molecule has 0 aliphatic rings. The predicted molar refractivity (Wildman–Crippen MR) is 67.4 cm³/mol. The van der Waals surface area contributed by atoms with Gasteiger partial charge in [0.1, 0.15) is 0 Å². The lowest BCUT2D eigenvalue weighted by Crippen LogP contribution is -2.27. The van der Waals surface area contributed by atoms with Crippen molar-refractivity contribution in [2.75, 3.05) is 0 Å². The molecule has 0 fully saturated rings. The van der Waals surface area contributed by atoms with Crippen molar-refractivity contribution in [3.63, 3.8) is 0 Å². The zero-order chi connectivity index (χ0) is 14.0. The van der Waals surface area contributed by atoms with Crippen LogP contribution in [0, 0.1) is 5.92 Å². The summed E-state index contributed by atoms with van der Waals surface area (Å²) in [5.41, 5.74) is -0.281. The van der Waals surface area contributed by atoms with Gasteiger partial charge in [0.15, 0.2) is 0 Å². The third-order valence-corrected chi connectivity index (χ3v) is 2.50. The van der Waals surface area contributed by atoms with Crippen LogP contribution in [0.3, 0.4) is 0 Å². The normalized spacial score (nSPS) is 10.9. The number of nitrogens with zero attached hydrogens (tertiary/aromatic N) is 4. The van der Waals surface area contributed by atoms with E-state index in [9.17, 15) is 9.59 Å². The van der Waals surface area contributed by atoms with E-state index in [2.05, 4.69) is 10.1 Å². The molecule has 100 valence electrons. The Morgan fingerprint density at radius 3 is 2.79 bits per heavy atom. The zero-order valence-corrected chi connectivity index (χ0v) is 10.6. The van der Waals surface area contributed by atoms with Gasteiger partial charge in [-0.2, -0.15) is 5.10 Å². The molecular weight excluding hydrogens is 248 g/mol. The number of aromatic carboxylic acids is 1. The van der Waals surface area contributed by atoms with Gasteiger partial charge in [0.25, 0.3) is 5.56 Å². The minimum atomic E-state index is -1.09. The Balaban J connectivity index is 2.44. The van der Waals surface area contributed by atoms with Crippen molar-refractivity contribution in [3.8, 4) is 5.82 Å². The van der Waals surface area contributed by atoms with E-state index in [0.29, 0.717) is 12.5 Å². The lowest BCUT2D eigenvalue weighted by atomic mass is 10.2. The van der Waals surface area contributed by atoms with E-state index in [1.54, 1.807) is 6.20 Å². The Labute approximate surface area is 109 Å². The molecule has 0 amide bonds. The fraction of sp³-hybridized carbons (Fsp3) is 0.333. The summed E-state index contributed by atoms with van der Waals surface area (Å²) in [5, 5.41) is 12.7. The average Bonchev–Trinajstić information content (AvgIpc) is 2.80. The van der Waals surface area contributed by atoms with Gasteiger partial charge >= 0.3 is 5.97 Å². The maximum Gasteiger partial charge on any atom is 0.338 e. The summed E-state index contributed by atoms with van der Waals surface area (Å²) >= 11 is 0. The lowest BCUT2D eigenvalue weighted by Gasteiger charge is -2.09. The van der Waals surface area contributed by atoms with Crippen LogP contribution in [-0.4, -0.2) is 30.4 Å². The smallest absolute Gasteiger partial charge is 0.338 e. The van der Waals surface area contributed by atoms with Crippen molar-refractivity contribution in [1.29, 1.82) is 0 Å². The van der Waals surface area contributed by atoms with Crippen LogP contribution in [0.1, 0.15) is 24.2 Å². The number of carboxylic acids is 1. The fourth-order valence-electron chi connectivity index (χ4n) is 1.68. The maximum atomic E-state index is 12.2. The number of rotatable bonds is 4. The van der Waals surface area contributed by atoms with E-state index in [4.69, 9.17) is 5.11 Å².